The molecule has 76 valence electrons. The van der Waals surface area contributed by atoms with Crippen LogP contribution in [-0.4, -0.2) is 13.1 Å². The van der Waals surface area contributed by atoms with Gasteiger partial charge in [0.2, 0.25) is 0 Å². The number of nitrogens with zero attached hydrogens (tertiary/aromatic N) is 1. The maximum Gasteiger partial charge on any atom is 0.0684 e. The third-order valence-electron chi connectivity index (χ3n) is 1.88. The summed E-state index contributed by atoms with van der Waals surface area (Å²) < 4.78 is 0. The van der Waals surface area contributed by atoms with Gasteiger partial charge in [-0.1, -0.05) is 20.8 Å². The van der Waals surface area contributed by atoms with Gasteiger partial charge in [-0.15, -0.1) is 0 Å². The van der Waals surface area contributed by atoms with E-state index in [0.29, 0.717) is 5.41 Å². The third-order valence-corrected chi connectivity index (χ3v) is 1.88. The number of nitriles is 1. The van der Waals surface area contributed by atoms with Gasteiger partial charge in [0.25, 0.3) is 0 Å². The number of hydrogen-bond donors (Lipinski definition) is 1. The van der Waals surface area contributed by atoms with Crippen LogP contribution in [0.1, 0.15) is 41.0 Å². The molecule has 1 N–H and O–H groups in total. The lowest BCUT2D eigenvalue weighted by Gasteiger charge is -2.21. The molecule has 0 aliphatic carbocycles. The number of hydrogen-bond acceptors (Lipinski definition) is 2. The Morgan fingerprint density at radius 1 is 1.15 bits per heavy atom. The van der Waals surface area contributed by atoms with E-state index in [9.17, 15) is 0 Å². The Kier molecular flexibility index (Phi) is 4.43. The van der Waals surface area contributed by atoms with E-state index in [1.165, 1.54) is 0 Å². The van der Waals surface area contributed by atoms with Crippen molar-refractivity contribution < 1.29 is 0 Å². The van der Waals surface area contributed by atoms with Crippen molar-refractivity contribution in [2.75, 3.05) is 13.1 Å². The Morgan fingerprint density at radius 3 is 2.08 bits per heavy atom. The van der Waals surface area contributed by atoms with Crippen LogP contribution in [0.3, 0.4) is 0 Å². The minimum Gasteiger partial charge on any atom is -0.316 e. The van der Waals surface area contributed by atoms with E-state index < -0.39 is 0 Å². The van der Waals surface area contributed by atoms with Gasteiger partial charge in [-0.05, 0) is 38.8 Å². The van der Waals surface area contributed by atoms with Crippen LogP contribution >= 0.6 is 0 Å². The molecule has 0 aliphatic rings. The fourth-order valence-electron chi connectivity index (χ4n) is 0.920. The van der Waals surface area contributed by atoms with Crippen molar-refractivity contribution in [1.82, 2.24) is 5.32 Å². The van der Waals surface area contributed by atoms with Crippen LogP contribution in [0, 0.1) is 22.2 Å². The first-order chi connectivity index (χ1) is 5.77. The predicted octanol–water partition coefficient (Wildman–Crippen LogP) is 2.56. The summed E-state index contributed by atoms with van der Waals surface area (Å²) in [5.41, 5.74) is 0.141. The largest absolute Gasteiger partial charge is 0.316 e. The summed E-state index contributed by atoms with van der Waals surface area (Å²) in [5.74, 6) is 0. The van der Waals surface area contributed by atoms with E-state index in [-0.39, 0.29) is 5.41 Å². The standard InChI is InChI=1S/C11H22N2/c1-10(2,3)9-13-7-6-11(4,5)8-12/h13H,6-7,9H2,1-5H3. The number of nitrogens with one attached hydrogen (secondary N) is 1. The van der Waals surface area contributed by atoms with Gasteiger partial charge in [0.15, 0.2) is 0 Å². The Hall–Kier alpha value is -0.550. The zero-order valence-electron chi connectivity index (χ0n) is 9.57. The molecule has 0 aromatic rings. The Morgan fingerprint density at radius 2 is 1.69 bits per heavy atom. The van der Waals surface area contributed by atoms with Gasteiger partial charge in [0.05, 0.1) is 11.5 Å². The molecule has 0 fully saturated rings. The fourth-order valence-corrected chi connectivity index (χ4v) is 0.920. The molecule has 0 bridgehead atoms. The van der Waals surface area contributed by atoms with Crippen LogP contribution in [0.4, 0.5) is 0 Å². The summed E-state index contributed by atoms with van der Waals surface area (Å²) in [7, 11) is 0. The van der Waals surface area contributed by atoms with Crippen molar-refractivity contribution in [2.24, 2.45) is 10.8 Å². The molecule has 0 aliphatic heterocycles. The molecule has 0 aromatic heterocycles. The molecule has 0 saturated heterocycles. The minimum atomic E-state index is -0.190. The molecule has 0 spiro atoms. The Balaban J connectivity index is 3.54. The van der Waals surface area contributed by atoms with Crippen molar-refractivity contribution in [1.29, 1.82) is 5.26 Å². The first kappa shape index (κ1) is 12.4. The molecule has 0 amide bonds. The fraction of sp³-hybridized carbons (Fsp3) is 0.909. The molecule has 0 radical (unpaired) electrons. The molecule has 0 aromatic carbocycles. The quantitative estimate of drug-likeness (QED) is 0.678. The lowest BCUT2D eigenvalue weighted by Crippen LogP contribution is -2.29. The topological polar surface area (TPSA) is 35.8 Å². The SMILES string of the molecule is CC(C)(C)CNCCC(C)(C)C#N. The minimum absolute atomic E-state index is 0.190. The second-order valence-corrected chi connectivity index (χ2v) is 5.48. The van der Waals surface area contributed by atoms with Crippen LogP contribution in [0.15, 0.2) is 0 Å². The van der Waals surface area contributed by atoms with Crippen LogP contribution < -0.4 is 5.32 Å². The summed E-state index contributed by atoms with van der Waals surface area (Å²) >= 11 is 0. The van der Waals surface area contributed by atoms with Gasteiger partial charge in [0.1, 0.15) is 0 Å². The van der Waals surface area contributed by atoms with Crippen LogP contribution in [0.5, 0.6) is 0 Å². The van der Waals surface area contributed by atoms with E-state index >= 15 is 0 Å². The molecule has 2 heteroatoms. The zero-order valence-corrected chi connectivity index (χ0v) is 9.57. The molecule has 0 atom stereocenters. The monoisotopic (exact) mass is 182 g/mol. The second kappa shape index (κ2) is 4.62. The van der Waals surface area contributed by atoms with Crippen LogP contribution in [0.25, 0.3) is 0 Å². The molecule has 2 nitrogen and oxygen atoms in total. The Bertz CT molecular complexity index is 181. The van der Waals surface area contributed by atoms with Gasteiger partial charge in [0, 0.05) is 0 Å². The van der Waals surface area contributed by atoms with Gasteiger partial charge >= 0.3 is 0 Å². The third kappa shape index (κ3) is 7.80. The summed E-state index contributed by atoms with van der Waals surface area (Å²) in [6.07, 6.45) is 0.916. The van der Waals surface area contributed by atoms with Gasteiger partial charge < -0.3 is 5.32 Å². The summed E-state index contributed by atoms with van der Waals surface area (Å²) in [6.45, 7) is 12.5. The van der Waals surface area contributed by atoms with Crippen molar-refractivity contribution >= 4 is 0 Å². The number of rotatable bonds is 4. The maximum atomic E-state index is 8.78. The van der Waals surface area contributed by atoms with Gasteiger partial charge in [-0.2, -0.15) is 5.26 Å². The Labute approximate surface area is 82.3 Å². The highest BCUT2D eigenvalue weighted by atomic mass is 14.9. The first-order valence-corrected chi connectivity index (χ1v) is 4.89. The van der Waals surface area contributed by atoms with Crippen molar-refractivity contribution in [3.8, 4) is 6.07 Å². The highest BCUT2D eigenvalue weighted by Crippen LogP contribution is 2.17. The van der Waals surface area contributed by atoms with E-state index in [4.69, 9.17) is 5.26 Å². The lowest BCUT2D eigenvalue weighted by molar-refractivity contribution is 0.357. The van der Waals surface area contributed by atoms with Gasteiger partial charge in [-0.3, -0.25) is 0 Å². The first-order valence-electron chi connectivity index (χ1n) is 4.89. The van der Waals surface area contributed by atoms with E-state index in [1.807, 2.05) is 13.8 Å². The summed E-state index contributed by atoms with van der Waals surface area (Å²) in [4.78, 5) is 0. The summed E-state index contributed by atoms with van der Waals surface area (Å²) in [6, 6.07) is 2.30. The predicted molar refractivity (Wildman–Crippen MR) is 56.3 cm³/mol. The van der Waals surface area contributed by atoms with Crippen LogP contribution in [-0.2, 0) is 0 Å². The molecule has 0 rings (SSSR count). The second-order valence-electron chi connectivity index (χ2n) is 5.48. The summed E-state index contributed by atoms with van der Waals surface area (Å²) in [5, 5.41) is 12.1. The van der Waals surface area contributed by atoms with E-state index in [1.54, 1.807) is 0 Å². The average molecular weight is 182 g/mol. The van der Waals surface area contributed by atoms with Crippen molar-refractivity contribution in [3.05, 3.63) is 0 Å². The molecule has 0 saturated carbocycles. The van der Waals surface area contributed by atoms with Gasteiger partial charge in [-0.25, -0.2) is 0 Å². The van der Waals surface area contributed by atoms with Crippen LogP contribution in [0.2, 0.25) is 0 Å². The highest BCUT2D eigenvalue weighted by molar-refractivity contribution is 4.91. The molecule has 0 heterocycles. The molecular formula is C11H22N2. The van der Waals surface area contributed by atoms with E-state index in [0.717, 1.165) is 19.5 Å². The zero-order chi connectivity index (χ0) is 10.5. The lowest BCUT2D eigenvalue weighted by atomic mass is 9.91. The molecule has 13 heavy (non-hydrogen) atoms. The van der Waals surface area contributed by atoms with E-state index in [2.05, 4.69) is 32.2 Å². The normalized spacial score (nSPS) is 12.6. The molecule has 0 unspecified atom stereocenters. The maximum absolute atomic E-state index is 8.78. The average Bonchev–Trinajstić information content (AvgIpc) is 1.97. The molecular weight excluding hydrogens is 160 g/mol. The van der Waals surface area contributed by atoms with Crippen molar-refractivity contribution in [2.45, 2.75) is 41.0 Å². The van der Waals surface area contributed by atoms with Crippen molar-refractivity contribution in [3.63, 3.8) is 0 Å². The smallest absolute Gasteiger partial charge is 0.0684 e. The highest BCUT2D eigenvalue weighted by Gasteiger charge is 2.16.